The second kappa shape index (κ2) is 9.21. The smallest absolute Gasteiger partial charge is 0.0490 e. The van der Waals surface area contributed by atoms with Gasteiger partial charge in [-0.25, -0.2) is 0 Å². The maximum Gasteiger partial charge on any atom is 0.0490 e. The molecule has 0 spiro atoms. The number of fused-ring (bicyclic) bond motifs is 6. The molecule has 1 aliphatic rings. The first kappa shape index (κ1) is 23.7. The van der Waals surface area contributed by atoms with E-state index < -0.39 is 0 Å². The predicted octanol–water partition coefficient (Wildman–Crippen LogP) is 11.4. The number of anilines is 3. The number of para-hydroxylation sites is 1. The van der Waals surface area contributed by atoms with Crippen molar-refractivity contribution in [2.45, 2.75) is 13.8 Å². The summed E-state index contributed by atoms with van der Waals surface area (Å²) in [6.45, 7) is 4.32. The number of nitrogens with zero attached hydrogens (tertiary/aromatic N) is 1. The summed E-state index contributed by atoms with van der Waals surface area (Å²) in [5.41, 5.74) is 13.9. The largest absolute Gasteiger partial charge is 0.310 e. The Hall–Kier alpha value is -5.14. The number of benzene rings is 7. The highest BCUT2D eigenvalue weighted by atomic mass is 15.1. The van der Waals surface area contributed by atoms with Crippen LogP contribution in [-0.2, 0) is 0 Å². The summed E-state index contributed by atoms with van der Waals surface area (Å²) in [6, 6.07) is 51.2. The van der Waals surface area contributed by atoms with Crippen LogP contribution < -0.4 is 4.90 Å². The van der Waals surface area contributed by atoms with Crippen molar-refractivity contribution in [1.29, 1.82) is 0 Å². The number of rotatable bonds is 4. The van der Waals surface area contributed by atoms with Gasteiger partial charge in [-0.05, 0) is 135 Å². The first-order valence-corrected chi connectivity index (χ1v) is 14.3. The molecular formula is C40H29N. The monoisotopic (exact) mass is 523 g/mol. The van der Waals surface area contributed by atoms with Gasteiger partial charge in [0, 0.05) is 17.1 Å². The Morgan fingerprint density at radius 2 is 0.951 bits per heavy atom. The van der Waals surface area contributed by atoms with Gasteiger partial charge in [0.1, 0.15) is 0 Å². The zero-order chi connectivity index (χ0) is 27.5. The third-order valence-electron chi connectivity index (χ3n) is 8.53. The summed E-state index contributed by atoms with van der Waals surface area (Å²) in [6.07, 6.45) is 0. The lowest BCUT2D eigenvalue weighted by Crippen LogP contribution is -2.11. The van der Waals surface area contributed by atoms with Crippen molar-refractivity contribution in [1.82, 2.24) is 0 Å². The Morgan fingerprint density at radius 1 is 0.390 bits per heavy atom. The highest BCUT2D eigenvalue weighted by molar-refractivity contribution is 6.12. The minimum Gasteiger partial charge on any atom is -0.310 e. The van der Waals surface area contributed by atoms with Crippen LogP contribution >= 0.6 is 0 Å². The zero-order valence-electron chi connectivity index (χ0n) is 23.2. The molecule has 0 saturated carbocycles. The molecule has 0 unspecified atom stereocenters. The fraction of sp³-hybridized carbons (Fsp3) is 0.0500. The molecule has 194 valence electrons. The highest BCUT2D eigenvalue weighted by Gasteiger charge is 2.24. The van der Waals surface area contributed by atoms with Gasteiger partial charge in [0.25, 0.3) is 0 Å². The molecule has 0 atom stereocenters. The molecule has 0 aliphatic heterocycles. The van der Waals surface area contributed by atoms with E-state index in [0.29, 0.717) is 0 Å². The Kier molecular flexibility index (Phi) is 5.33. The average Bonchev–Trinajstić information content (AvgIpc) is 3.01. The number of hydrogen-bond acceptors (Lipinski definition) is 1. The van der Waals surface area contributed by atoms with E-state index in [0.717, 1.165) is 0 Å². The lowest BCUT2D eigenvalue weighted by Gasteiger charge is -2.28. The summed E-state index contributed by atoms with van der Waals surface area (Å²) in [7, 11) is 0. The SMILES string of the molecule is Cc1ccc(N(c2ccc3cc4c(cc3c2)-c2cc3cc(-c5ccccc5)ccc3cc2-4)c2ccccc2C)cc1. The van der Waals surface area contributed by atoms with Crippen molar-refractivity contribution < 1.29 is 0 Å². The maximum atomic E-state index is 2.38. The average molecular weight is 524 g/mol. The van der Waals surface area contributed by atoms with E-state index in [2.05, 4.69) is 158 Å². The van der Waals surface area contributed by atoms with Crippen LogP contribution in [0, 0.1) is 13.8 Å². The molecule has 1 heteroatoms. The van der Waals surface area contributed by atoms with Crippen molar-refractivity contribution in [3.63, 3.8) is 0 Å². The van der Waals surface area contributed by atoms with Gasteiger partial charge in [-0.1, -0.05) is 84.4 Å². The number of hydrogen-bond donors (Lipinski definition) is 0. The molecule has 0 radical (unpaired) electrons. The van der Waals surface area contributed by atoms with Gasteiger partial charge in [-0.3, -0.25) is 0 Å². The van der Waals surface area contributed by atoms with Gasteiger partial charge in [-0.15, -0.1) is 0 Å². The molecule has 0 fully saturated rings. The number of aryl methyl sites for hydroxylation is 2. The lowest BCUT2D eigenvalue weighted by atomic mass is 9.77. The van der Waals surface area contributed by atoms with E-state index in [1.807, 2.05) is 0 Å². The van der Waals surface area contributed by atoms with Crippen LogP contribution in [0.2, 0.25) is 0 Å². The molecule has 0 saturated heterocycles. The molecule has 0 N–H and O–H groups in total. The predicted molar refractivity (Wildman–Crippen MR) is 175 cm³/mol. The van der Waals surface area contributed by atoms with Gasteiger partial charge in [0.15, 0.2) is 0 Å². The van der Waals surface area contributed by atoms with Gasteiger partial charge in [-0.2, -0.15) is 0 Å². The first-order valence-electron chi connectivity index (χ1n) is 14.3. The zero-order valence-corrected chi connectivity index (χ0v) is 23.2. The Morgan fingerprint density at radius 3 is 1.63 bits per heavy atom. The van der Waals surface area contributed by atoms with Gasteiger partial charge >= 0.3 is 0 Å². The molecule has 8 rings (SSSR count). The summed E-state index contributed by atoms with van der Waals surface area (Å²) in [4.78, 5) is 2.38. The van der Waals surface area contributed by atoms with Crippen LogP contribution in [-0.4, -0.2) is 0 Å². The van der Waals surface area contributed by atoms with Crippen LogP contribution in [0.25, 0.3) is 54.9 Å². The van der Waals surface area contributed by atoms with Gasteiger partial charge < -0.3 is 4.90 Å². The molecule has 1 aliphatic carbocycles. The van der Waals surface area contributed by atoms with Gasteiger partial charge in [0.05, 0.1) is 0 Å². The fourth-order valence-electron chi connectivity index (χ4n) is 6.30. The molecule has 0 bridgehead atoms. The van der Waals surface area contributed by atoms with Crippen molar-refractivity contribution in [2.24, 2.45) is 0 Å². The minimum absolute atomic E-state index is 1.17. The van der Waals surface area contributed by atoms with E-state index in [4.69, 9.17) is 0 Å². The quantitative estimate of drug-likeness (QED) is 0.222. The van der Waals surface area contributed by atoms with Gasteiger partial charge in [0.2, 0.25) is 0 Å². The first-order chi connectivity index (χ1) is 20.1. The summed E-state index contributed by atoms with van der Waals surface area (Å²) < 4.78 is 0. The van der Waals surface area contributed by atoms with E-state index in [9.17, 15) is 0 Å². The van der Waals surface area contributed by atoms with Crippen LogP contribution in [0.5, 0.6) is 0 Å². The topological polar surface area (TPSA) is 3.24 Å². The standard InChI is InChI=1S/C40H29N/c1-26-12-17-34(18-13-26)41(40-11-7-6-8-27(40)2)35-19-16-31-23-37-36-22-30-15-14-29(28-9-4-3-5-10-28)20-32(30)24-38(36)39(37)25-33(31)21-35/h3-25H,1-2H3. The fourth-order valence-corrected chi connectivity index (χ4v) is 6.30. The van der Waals surface area contributed by atoms with Crippen LogP contribution in [0.3, 0.4) is 0 Å². The van der Waals surface area contributed by atoms with Crippen molar-refractivity contribution >= 4 is 38.6 Å². The Labute approximate surface area is 241 Å². The second-order valence-electron chi connectivity index (χ2n) is 11.2. The van der Waals surface area contributed by atoms with Crippen molar-refractivity contribution in [3.05, 3.63) is 151 Å². The maximum absolute atomic E-state index is 2.38. The molecule has 7 aromatic rings. The lowest BCUT2D eigenvalue weighted by molar-refractivity contribution is 1.25. The Balaban J connectivity index is 1.24. The molecule has 7 aromatic carbocycles. The van der Waals surface area contributed by atoms with E-state index in [1.165, 1.54) is 83.1 Å². The molecular weight excluding hydrogens is 494 g/mol. The molecule has 41 heavy (non-hydrogen) atoms. The molecule has 0 heterocycles. The normalized spacial score (nSPS) is 11.7. The third-order valence-corrected chi connectivity index (χ3v) is 8.53. The molecule has 1 nitrogen and oxygen atoms in total. The van der Waals surface area contributed by atoms with E-state index in [-0.39, 0.29) is 0 Å². The second-order valence-corrected chi connectivity index (χ2v) is 11.2. The van der Waals surface area contributed by atoms with E-state index in [1.54, 1.807) is 0 Å². The van der Waals surface area contributed by atoms with Crippen LogP contribution in [0.1, 0.15) is 11.1 Å². The molecule has 0 aromatic heterocycles. The highest BCUT2D eigenvalue weighted by Crippen LogP contribution is 2.51. The van der Waals surface area contributed by atoms with E-state index >= 15 is 0 Å². The van der Waals surface area contributed by atoms with Crippen LogP contribution in [0.15, 0.2) is 140 Å². The summed E-state index contributed by atoms with van der Waals surface area (Å²) in [5, 5.41) is 5.10. The minimum atomic E-state index is 1.17. The summed E-state index contributed by atoms with van der Waals surface area (Å²) in [5.74, 6) is 0. The molecule has 0 amide bonds. The van der Waals surface area contributed by atoms with Crippen molar-refractivity contribution in [3.8, 4) is 33.4 Å². The third kappa shape index (κ3) is 3.93. The van der Waals surface area contributed by atoms with Crippen molar-refractivity contribution in [2.75, 3.05) is 4.90 Å². The summed E-state index contributed by atoms with van der Waals surface area (Å²) >= 11 is 0. The Bertz CT molecular complexity index is 2100. The van der Waals surface area contributed by atoms with Crippen LogP contribution in [0.4, 0.5) is 17.1 Å².